The summed E-state index contributed by atoms with van der Waals surface area (Å²) in [5.74, 6) is 4.88. The van der Waals surface area contributed by atoms with E-state index in [4.69, 9.17) is 11.5 Å². The molecule has 0 saturated carbocycles. The van der Waals surface area contributed by atoms with Crippen molar-refractivity contribution in [3.63, 3.8) is 0 Å². The Morgan fingerprint density at radius 2 is 2.00 bits per heavy atom. The summed E-state index contributed by atoms with van der Waals surface area (Å²) >= 11 is 0. The van der Waals surface area contributed by atoms with Crippen molar-refractivity contribution in [1.29, 1.82) is 0 Å². The van der Waals surface area contributed by atoms with Gasteiger partial charge in [0.2, 0.25) is 15.9 Å². The Balaban J connectivity index is 2.84. The highest BCUT2D eigenvalue weighted by molar-refractivity contribution is 7.89. The van der Waals surface area contributed by atoms with Crippen LogP contribution in [0.25, 0.3) is 0 Å². The van der Waals surface area contributed by atoms with E-state index in [2.05, 4.69) is 16.6 Å². The summed E-state index contributed by atoms with van der Waals surface area (Å²) in [6.45, 7) is 0.296. The molecule has 0 aliphatic rings. The molecule has 108 valence electrons. The van der Waals surface area contributed by atoms with Gasteiger partial charge in [-0.25, -0.2) is 13.1 Å². The van der Waals surface area contributed by atoms with Crippen LogP contribution in [0.15, 0.2) is 29.2 Å². The molecule has 0 saturated heterocycles. The summed E-state index contributed by atoms with van der Waals surface area (Å²) in [7, 11) is -3.66. The zero-order valence-electron chi connectivity index (χ0n) is 10.9. The molecule has 0 aromatic heterocycles. The third-order valence-corrected chi connectivity index (χ3v) is 3.91. The summed E-state index contributed by atoms with van der Waals surface area (Å²) in [6.07, 6.45) is 0.488. The first kappa shape index (κ1) is 16.2. The average Bonchev–Trinajstić information content (AvgIpc) is 2.41. The van der Waals surface area contributed by atoms with Gasteiger partial charge in [0.05, 0.1) is 11.4 Å². The van der Waals surface area contributed by atoms with Crippen molar-refractivity contribution in [2.24, 2.45) is 11.5 Å². The molecule has 0 spiro atoms. The summed E-state index contributed by atoms with van der Waals surface area (Å²) in [4.78, 5) is 10.7. The van der Waals surface area contributed by atoms with Gasteiger partial charge in [0, 0.05) is 18.5 Å². The highest BCUT2D eigenvalue weighted by Crippen LogP contribution is 2.14. The van der Waals surface area contributed by atoms with Gasteiger partial charge in [0.25, 0.3) is 0 Å². The van der Waals surface area contributed by atoms with Gasteiger partial charge in [-0.05, 0) is 18.6 Å². The predicted molar refractivity (Wildman–Crippen MR) is 76.0 cm³/mol. The number of hydrogen-bond donors (Lipinski definition) is 3. The van der Waals surface area contributed by atoms with Crippen molar-refractivity contribution in [2.75, 3.05) is 13.1 Å². The number of amides is 1. The third-order valence-electron chi connectivity index (χ3n) is 2.39. The topological polar surface area (TPSA) is 115 Å². The summed E-state index contributed by atoms with van der Waals surface area (Å²) in [5.41, 5.74) is 10.7. The molecule has 7 heteroatoms. The van der Waals surface area contributed by atoms with Gasteiger partial charge in [-0.3, -0.25) is 4.79 Å². The van der Waals surface area contributed by atoms with Gasteiger partial charge >= 0.3 is 0 Å². The van der Waals surface area contributed by atoms with Gasteiger partial charge < -0.3 is 11.5 Å². The zero-order valence-corrected chi connectivity index (χ0v) is 11.7. The van der Waals surface area contributed by atoms with Gasteiger partial charge in [-0.1, -0.05) is 24.0 Å². The number of rotatable bonds is 6. The van der Waals surface area contributed by atoms with Gasteiger partial charge in [-0.15, -0.1) is 0 Å². The molecule has 0 atom stereocenters. The van der Waals surface area contributed by atoms with E-state index in [1.807, 2.05) is 0 Å². The molecule has 0 bridgehead atoms. The molecule has 0 heterocycles. The highest BCUT2D eigenvalue weighted by atomic mass is 32.2. The summed E-state index contributed by atoms with van der Waals surface area (Å²) in [5, 5.41) is 0. The maximum absolute atomic E-state index is 12.1. The molecule has 6 nitrogen and oxygen atoms in total. The Morgan fingerprint density at radius 3 is 2.65 bits per heavy atom. The van der Waals surface area contributed by atoms with E-state index >= 15 is 0 Å². The minimum Gasteiger partial charge on any atom is -0.370 e. The van der Waals surface area contributed by atoms with E-state index in [0.29, 0.717) is 12.0 Å². The van der Waals surface area contributed by atoms with Crippen LogP contribution in [0.4, 0.5) is 0 Å². The van der Waals surface area contributed by atoms with Crippen molar-refractivity contribution in [1.82, 2.24) is 4.72 Å². The Bertz CT molecular complexity index is 630. The van der Waals surface area contributed by atoms with E-state index < -0.39 is 15.9 Å². The van der Waals surface area contributed by atoms with E-state index in [0.717, 1.165) is 0 Å². The quantitative estimate of drug-likeness (QED) is 0.486. The second-order valence-electron chi connectivity index (χ2n) is 3.97. The maximum atomic E-state index is 12.1. The lowest BCUT2D eigenvalue weighted by molar-refractivity contribution is -0.118. The molecule has 0 unspecified atom stereocenters. The van der Waals surface area contributed by atoms with Crippen LogP contribution >= 0.6 is 0 Å². The largest absolute Gasteiger partial charge is 0.370 e. The van der Waals surface area contributed by atoms with Crippen molar-refractivity contribution in [3.05, 3.63) is 29.8 Å². The number of carbonyl (C=O) groups is 1. The first-order chi connectivity index (χ1) is 9.47. The number of hydrogen-bond acceptors (Lipinski definition) is 4. The van der Waals surface area contributed by atoms with Crippen molar-refractivity contribution < 1.29 is 13.2 Å². The van der Waals surface area contributed by atoms with E-state index in [9.17, 15) is 13.2 Å². The molecule has 0 aliphatic carbocycles. The second kappa shape index (κ2) is 7.65. The lowest BCUT2D eigenvalue weighted by Crippen LogP contribution is -2.26. The highest BCUT2D eigenvalue weighted by Gasteiger charge is 2.16. The minimum atomic E-state index is -3.66. The number of primary amides is 1. The number of benzene rings is 1. The van der Waals surface area contributed by atoms with Crippen LogP contribution in [0.2, 0.25) is 0 Å². The molecule has 0 radical (unpaired) electrons. The Morgan fingerprint density at radius 1 is 1.30 bits per heavy atom. The molecule has 1 amide bonds. The van der Waals surface area contributed by atoms with Crippen LogP contribution < -0.4 is 16.2 Å². The van der Waals surface area contributed by atoms with Gasteiger partial charge in [-0.2, -0.15) is 0 Å². The molecule has 1 rings (SSSR count). The molecule has 0 fully saturated rings. The summed E-state index contributed by atoms with van der Waals surface area (Å²) < 4.78 is 26.7. The van der Waals surface area contributed by atoms with Crippen molar-refractivity contribution in [3.8, 4) is 11.8 Å². The van der Waals surface area contributed by atoms with Gasteiger partial charge in [0.15, 0.2) is 0 Å². The van der Waals surface area contributed by atoms with Crippen LogP contribution in [-0.2, 0) is 14.8 Å². The minimum absolute atomic E-state index is 0.0972. The Labute approximate surface area is 118 Å². The molecular formula is C13H17N3O3S. The number of nitrogens with one attached hydrogen (secondary N) is 1. The fraction of sp³-hybridized carbons (Fsp3) is 0.308. The number of carbonyl (C=O) groups excluding carboxylic acids is 1. The first-order valence-corrected chi connectivity index (χ1v) is 7.51. The zero-order chi connectivity index (χ0) is 15.0. The average molecular weight is 295 g/mol. The molecule has 0 aliphatic heterocycles. The molecular weight excluding hydrogens is 278 g/mol. The molecule has 5 N–H and O–H groups in total. The number of nitrogens with two attached hydrogens (primary N) is 2. The van der Waals surface area contributed by atoms with Crippen LogP contribution in [0, 0.1) is 11.8 Å². The standard InChI is InChI=1S/C13H17N3O3S/c14-9-3-6-11-5-1-2-7-12(11)20(18,19)16-10-4-8-13(15)17/h1-2,5,7,16H,4,8-10,14H2,(H2,15,17). The normalized spacial score (nSPS) is 10.7. The predicted octanol–water partition coefficient (Wildman–Crippen LogP) is -0.459. The third kappa shape index (κ3) is 5.01. The number of sulfonamides is 1. The van der Waals surface area contributed by atoms with Crippen LogP contribution in [0.3, 0.4) is 0 Å². The van der Waals surface area contributed by atoms with Crippen molar-refractivity contribution in [2.45, 2.75) is 17.7 Å². The van der Waals surface area contributed by atoms with Crippen LogP contribution in [-0.4, -0.2) is 27.4 Å². The van der Waals surface area contributed by atoms with Crippen LogP contribution in [0.1, 0.15) is 18.4 Å². The van der Waals surface area contributed by atoms with Crippen molar-refractivity contribution >= 4 is 15.9 Å². The smallest absolute Gasteiger partial charge is 0.241 e. The monoisotopic (exact) mass is 295 g/mol. The van der Waals surface area contributed by atoms with Gasteiger partial charge in [0.1, 0.15) is 0 Å². The van der Waals surface area contributed by atoms with E-state index in [-0.39, 0.29) is 24.4 Å². The first-order valence-electron chi connectivity index (χ1n) is 6.03. The maximum Gasteiger partial charge on any atom is 0.241 e. The Hall–Kier alpha value is -1.88. The van der Waals surface area contributed by atoms with Crippen LogP contribution in [0.5, 0.6) is 0 Å². The SMILES string of the molecule is NCC#Cc1ccccc1S(=O)(=O)NCCCC(N)=O. The molecule has 1 aromatic rings. The van der Waals surface area contributed by atoms with E-state index in [1.54, 1.807) is 18.2 Å². The summed E-state index contributed by atoms with van der Waals surface area (Å²) in [6, 6.07) is 6.40. The lowest BCUT2D eigenvalue weighted by Gasteiger charge is -2.08. The molecule has 1 aromatic carbocycles. The fourth-order valence-corrected chi connectivity index (χ4v) is 2.73. The second-order valence-corrected chi connectivity index (χ2v) is 5.71. The lowest BCUT2D eigenvalue weighted by atomic mass is 10.2. The Kier molecular flexibility index (Phi) is 6.18. The molecule has 20 heavy (non-hydrogen) atoms. The van der Waals surface area contributed by atoms with E-state index in [1.165, 1.54) is 6.07 Å². The fourth-order valence-electron chi connectivity index (χ4n) is 1.50.